The van der Waals surface area contributed by atoms with Gasteiger partial charge in [0, 0.05) is 46.9 Å². The molecule has 166 valence electrons. The van der Waals surface area contributed by atoms with Crippen molar-refractivity contribution >= 4 is 12.2 Å². The SMILES string of the molecule is C1CCCNCC1.CCc1nccn1CC.CN=CNc1ncn(C)c1C(C)N.[HH]. The second-order valence-corrected chi connectivity index (χ2v) is 7.06. The quantitative estimate of drug-likeness (QED) is 0.522. The molecule has 1 aliphatic rings. The second kappa shape index (κ2) is 14.8. The second-order valence-electron chi connectivity index (χ2n) is 7.06. The molecule has 3 rings (SSSR count). The van der Waals surface area contributed by atoms with E-state index in [4.69, 9.17) is 5.73 Å². The van der Waals surface area contributed by atoms with E-state index in [-0.39, 0.29) is 7.47 Å². The minimum atomic E-state index is -0.0414. The molecular weight excluding hydrogens is 364 g/mol. The average Bonchev–Trinajstić information content (AvgIpc) is 3.22. The summed E-state index contributed by atoms with van der Waals surface area (Å²) in [5.74, 6) is 1.95. The monoisotopic (exact) mass is 406 g/mol. The van der Waals surface area contributed by atoms with Crippen LogP contribution in [0.2, 0.25) is 0 Å². The molecule has 8 heteroatoms. The molecule has 1 atom stereocenters. The molecule has 0 amide bonds. The van der Waals surface area contributed by atoms with Crippen LogP contribution in [0.15, 0.2) is 23.7 Å². The van der Waals surface area contributed by atoms with Crippen LogP contribution in [0.3, 0.4) is 0 Å². The summed E-state index contributed by atoms with van der Waals surface area (Å²) in [6.45, 7) is 9.70. The molecule has 4 N–H and O–H groups in total. The summed E-state index contributed by atoms with van der Waals surface area (Å²) in [6, 6.07) is -0.0414. The molecule has 1 unspecified atom stereocenters. The lowest BCUT2D eigenvalue weighted by atomic mass is 10.2. The Labute approximate surface area is 177 Å². The molecule has 1 fully saturated rings. The maximum absolute atomic E-state index is 5.79. The first-order valence-electron chi connectivity index (χ1n) is 10.7. The zero-order chi connectivity index (χ0) is 21.5. The minimum Gasteiger partial charge on any atom is -0.335 e. The van der Waals surface area contributed by atoms with Gasteiger partial charge in [0.05, 0.1) is 18.4 Å². The summed E-state index contributed by atoms with van der Waals surface area (Å²) in [5.41, 5.74) is 6.76. The highest BCUT2D eigenvalue weighted by Crippen LogP contribution is 2.17. The van der Waals surface area contributed by atoms with Crippen LogP contribution in [0.25, 0.3) is 0 Å². The van der Waals surface area contributed by atoms with Crippen LogP contribution in [-0.2, 0) is 20.0 Å². The molecule has 0 bridgehead atoms. The highest BCUT2D eigenvalue weighted by molar-refractivity contribution is 5.74. The molecule has 1 saturated heterocycles. The molecule has 29 heavy (non-hydrogen) atoms. The molecule has 3 heterocycles. The van der Waals surface area contributed by atoms with Gasteiger partial charge in [0.15, 0.2) is 5.82 Å². The fourth-order valence-electron chi connectivity index (χ4n) is 3.13. The van der Waals surface area contributed by atoms with Crippen molar-refractivity contribution in [3.63, 3.8) is 0 Å². The first-order valence-corrected chi connectivity index (χ1v) is 10.7. The zero-order valence-corrected chi connectivity index (χ0v) is 18.9. The Morgan fingerprint density at radius 1 is 1.28 bits per heavy atom. The number of nitrogens with one attached hydrogen (secondary N) is 2. The number of nitrogens with two attached hydrogens (primary N) is 1. The number of imidazole rings is 2. The van der Waals surface area contributed by atoms with E-state index in [0.29, 0.717) is 0 Å². The Morgan fingerprint density at radius 3 is 2.48 bits per heavy atom. The largest absolute Gasteiger partial charge is 0.335 e. The number of anilines is 1. The van der Waals surface area contributed by atoms with Gasteiger partial charge >= 0.3 is 0 Å². The molecule has 0 spiro atoms. The van der Waals surface area contributed by atoms with E-state index in [2.05, 4.69) is 44.0 Å². The van der Waals surface area contributed by atoms with Crippen molar-refractivity contribution in [3.8, 4) is 0 Å². The molecule has 0 saturated carbocycles. The molecule has 8 nitrogen and oxygen atoms in total. The van der Waals surface area contributed by atoms with Gasteiger partial charge < -0.3 is 25.5 Å². The third kappa shape index (κ3) is 9.23. The minimum absolute atomic E-state index is 0. The van der Waals surface area contributed by atoms with Crippen molar-refractivity contribution in [2.75, 3.05) is 25.5 Å². The highest BCUT2D eigenvalue weighted by Gasteiger charge is 2.11. The lowest BCUT2D eigenvalue weighted by Crippen LogP contribution is -2.12. The maximum atomic E-state index is 5.79. The van der Waals surface area contributed by atoms with Crippen LogP contribution < -0.4 is 16.4 Å². The Bertz CT molecular complexity index is 655. The molecule has 0 radical (unpaired) electrons. The van der Waals surface area contributed by atoms with Gasteiger partial charge in [-0.2, -0.15) is 0 Å². The summed E-state index contributed by atoms with van der Waals surface area (Å²) in [4.78, 5) is 12.1. The summed E-state index contributed by atoms with van der Waals surface area (Å²) in [7, 11) is 3.61. The number of aliphatic imine (C=N–C) groups is 1. The van der Waals surface area contributed by atoms with Gasteiger partial charge in [0.1, 0.15) is 5.82 Å². The fraction of sp³-hybridized carbons (Fsp3) is 0.667. The normalized spacial score (nSPS) is 15.0. The Hall–Kier alpha value is -2.19. The van der Waals surface area contributed by atoms with Gasteiger partial charge in [-0.3, -0.25) is 4.99 Å². The maximum Gasteiger partial charge on any atom is 0.154 e. The Kier molecular flexibility index (Phi) is 12.6. The summed E-state index contributed by atoms with van der Waals surface area (Å²) in [6.07, 6.45) is 13.9. The summed E-state index contributed by atoms with van der Waals surface area (Å²) < 4.78 is 4.05. The standard InChI is InChI=1S/C8H15N5.C7H12N2.C6H13N.H2/c1-6(9)7-8(11-4-10-2)12-5-13(7)3;1-3-7-8-5-6-9(7)4-2;1-2-4-6-7-5-3-1;/h4-6H,9H2,1-3H3,(H,10,11);5-6H,3-4H2,1-2H3;7H,1-6H2;1H. The summed E-state index contributed by atoms with van der Waals surface area (Å²) in [5, 5.41) is 6.31. The van der Waals surface area contributed by atoms with E-state index in [1.165, 1.54) is 44.6 Å². The van der Waals surface area contributed by atoms with Crippen molar-refractivity contribution < 1.29 is 1.43 Å². The van der Waals surface area contributed by atoms with Gasteiger partial charge in [-0.15, -0.1) is 0 Å². The van der Waals surface area contributed by atoms with Crippen molar-refractivity contribution in [2.24, 2.45) is 17.8 Å². The van der Waals surface area contributed by atoms with Crippen molar-refractivity contribution in [3.05, 3.63) is 30.2 Å². The number of hydrogen-bond donors (Lipinski definition) is 3. The topological polar surface area (TPSA) is 98.1 Å². The fourth-order valence-corrected chi connectivity index (χ4v) is 3.13. The third-order valence-electron chi connectivity index (χ3n) is 4.66. The first-order chi connectivity index (χ1) is 14.0. The van der Waals surface area contributed by atoms with Crippen molar-refractivity contribution in [1.29, 1.82) is 0 Å². The zero-order valence-electron chi connectivity index (χ0n) is 18.9. The molecule has 2 aromatic rings. The van der Waals surface area contributed by atoms with Crippen molar-refractivity contribution in [1.82, 2.24) is 24.4 Å². The summed E-state index contributed by atoms with van der Waals surface area (Å²) >= 11 is 0. The average molecular weight is 407 g/mol. The molecule has 2 aromatic heterocycles. The van der Waals surface area contributed by atoms with Crippen LogP contribution in [0.4, 0.5) is 5.82 Å². The predicted octanol–water partition coefficient (Wildman–Crippen LogP) is 3.37. The van der Waals surface area contributed by atoms with E-state index in [1.807, 2.05) is 30.9 Å². The van der Waals surface area contributed by atoms with E-state index >= 15 is 0 Å². The Balaban J connectivity index is 0.000000434. The van der Waals surface area contributed by atoms with E-state index in [0.717, 1.165) is 24.5 Å². The van der Waals surface area contributed by atoms with Crippen LogP contribution in [-0.4, -0.2) is 45.6 Å². The molecule has 0 aliphatic carbocycles. The number of hydrogen-bond acceptors (Lipinski definition) is 5. The van der Waals surface area contributed by atoms with Gasteiger partial charge in [0.2, 0.25) is 0 Å². The van der Waals surface area contributed by atoms with Crippen LogP contribution in [0, 0.1) is 0 Å². The molecule has 1 aliphatic heterocycles. The van der Waals surface area contributed by atoms with Gasteiger partial charge in [-0.25, -0.2) is 9.97 Å². The van der Waals surface area contributed by atoms with Gasteiger partial charge in [0.25, 0.3) is 0 Å². The van der Waals surface area contributed by atoms with Crippen LogP contribution >= 0.6 is 0 Å². The smallest absolute Gasteiger partial charge is 0.154 e. The first kappa shape index (κ1) is 24.8. The number of nitrogens with zero attached hydrogens (tertiary/aromatic N) is 5. The van der Waals surface area contributed by atoms with Gasteiger partial charge in [-0.05, 0) is 39.8 Å². The van der Waals surface area contributed by atoms with Crippen LogP contribution in [0.1, 0.15) is 65.4 Å². The van der Waals surface area contributed by atoms with Crippen LogP contribution in [0.5, 0.6) is 0 Å². The van der Waals surface area contributed by atoms with E-state index in [1.54, 1.807) is 19.7 Å². The Morgan fingerprint density at radius 2 is 1.97 bits per heavy atom. The number of aryl methyl sites for hydroxylation is 3. The van der Waals surface area contributed by atoms with E-state index < -0.39 is 0 Å². The van der Waals surface area contributed by atoms with E-state index in [9.17, 15) is 0 Å². The lowest BCUT2D eigenvalue weighted by Gasteiger charge is -2.08. The molecular formula is C21H42N8. The highest BCUT2D eigenvalue weighted by atomic mass is 15.1. The predicted molar refractivity (Wildman–Crippen MR) is 125 cm³/mol. The molecule has 0 aromatic carbocycles. The number of aromatic nitrogens is 4. The van der Waals surface area contributed by atoms with Crippen molar-refractivity contribution in [2.45, 2.75) is 65.5 Å². The van der Waals surface area contributed by atoms with Gasteiger partial charge in [-0.1, -0.05) is 19.8 Å². The third-order valence-corrected chi connectivity index (χ3v) is 4.66. The number of rotatable bonds is 5. The lowest BCUT2D eigenvalue weighted by molar-refractivity contribution is 0.702.